The van der Waals surface area contributed by atoms with Crippen molar-refractivity contribution in [3.8, 4) is 0 Å². The lowest BCUT2D eigenvalue weighted by atomic mass is 9.93. The van der Waals surface area contributed by atoms with E-state index >= 15 is 0 Å². The van der Waals surface area contributed by atoms with Gasteiger partial charge in [0, 0.05) is 18.7 Å². The van der Waals surface area contributed by atoms with Gasteiger partial charge >= 0.3 is 0 Å². The second-order valence-corrected chi connectivity index (χ2v) is 5.79. The number of hydrogen-bond acceptors (Lipinski definition) is 3. The lowest BCUT2D eigenvalue weighted by Crippen LogP contribution is -2.34. The molecule has 102 valence electrons. The minimum Gasteiger partial charge on any atom is -0.314 e. The van der Waals surface area contributed by atoms with E-state index in [1.165, 1.54) is 24.8 Å². The van der Waals surface area contributed by atoms with Gasteiger partial charge in [0.2, 0.25) is 0 Å². The van der Waals surface area contributed by atoms with Crippen LogP contribution in [-0.2, 0) is 11.2 Å². The number of aromatic nitrogens is 1. The third-order valence-corrected chi connectivity index (χ3v) is 4.50. The monoisotopic (exact) mass is 258 g/mol. The van der Waals surface area contributed by atoms with E-state index in [0.29, 0.717) is 18.2 Å². The van der Waals surface area contributed by atoms with E-state index in [2.05, 4.69) is 16.4 Å². The van der Waals surface area contributed by atoms with Crippen LogP contribution >= 0.6 is 0 Å². The molecule has 2 heterocycles. The van der Waals surface area contributed by atoms with Gasteiger partial charge in [0.15, 0.2) is 0 Å². The van der Waals surface area contributed by atoms with E-state index in [0.717, 1.165) is 31.5 Å². The summed E-state index contributed by atoms with van der Waals surface area (Å²) >= 11 is 0. The molecule has 0 saturated carbocycles. The summed E-state index contributed by atoms with van der Waals surface area (Å²) < 4.78 is 0. The highest BCUT2D eigenvalue weighted by molar-refractivity contribution is 5.86. The van der Waals surface area contributed by atoms with Crippen LogP contribution in [0.5, 0.6) is 0 Å². The first-order valence-corrected chi connectivity index (χ1v) is 7.54. The molecule has 19 heavy (non-hydrogen) atoms. The van der Waals surface area contributed by atoms with Crippen molar-refractivity contribution in [1.29, 1.82) is 0 Å². The van der Waals surface area contributed by atoms with Crippen LogP contribution in [0.4, 0.5) is 0 Å². The fraction of sp³-hybridized carbons (Fsp3) is 0.625. The topological polar surface area (TPSA) is 42.0 Å². The highest BCUT2D eigenvalue weighted by Gasteiger charge is 2.29. The normalized spacial score (nSPS) is 26.1. The number of fused-ring (bicyclic) bond motifs is 1. The highest BCUT2D eigenvalue weighted by atomic mass is 16.1. The number of Topliss-reactive ketones (excluding diaryl/α,β-unsaturated/α-hetero) is 1. The average molecular weight is 258 g/mol. The van der Waals surface area contributed by atoms with Crippen molar-refractivity contribution in [3.05, 3.63) is 29.6 Å². The Bertz CT molecular complexity index is 452. The summed E-state index contributed by atoms with van der Waals surface area (Å²) in [6.07, 6.45) is 9.31. The van der Waals surface area contributed by atoms with Crippen molar-refractivity contribution in [1.82, 2.24) is 10.3 Å². The number of rotatable bonds is 4. The third-order valence-electron chi connectivity index (χ3n) is 4.50. The van der Waals surface area contributed by atoms with Crippen molar-refractivity contribution in [3.63, 3.8) is 0 Å². The Morgan fingerprint density at radius 1 is 1.37 bits per heavy atom. The van der Waals surface area contributed by atoms with E-state index in [1.54, 1.807) is 0 Å². The SMILES string of the molecule is O=C(CCC1CCCCN1)C1CCc2cccnc21. The van der Waals surface area contributed by atoms with Gasteiger partial charge in [-0.25, -0.2) is 0 Å². The van der Waals surface area contributed by atoms with Crippen molar-refractivity contribution >= 4 is 5.78 Å². The van der Waals surface area contributed by atoms with E-state index < -0.39 is 0 Å². The Labute approximate surface area is 114 Å². The van der Waals surface area contributed by atoms with Gasteiger partial charge in [-0.15, -0.1) is 0 Å². The fourth-order valence-electron chi connectivity index (χ4n) is 3.39. The van der Waals surface area contributed by atoms with Gasteiger partial charge in [-0.3, -0.25) is 9.78 Å². The van der Waals surface area contributed by atoms with E-state index in [9.17, 15) is 4.79 Å². The van der Waals surface area contributed by atoms with Crippen LogP contribution in [0.1, 0.15) is 55.7 Å². The van der Waals surface area contributed by atoms with Gasteiger partial charge in [0.05, 0.1) is 11.6 Å². The second kappa shape index (κ2) is 5.83. The Hall–Kier alpha value is -1.22. The molecule has 0 spiro atoms. The van der Waals surface area contributed by atoms with Gasteiger partial charge in [0.25, 0.3) is 0 Å². The van der Waals surface area contributed by atoms with Gasteiger partial charge in [-0.2, -0.15) is 0 Å². The molecule has 1 N–H and O–H groups in total. The predicted octanol–water partition coefficient (Wildman–Crippen LogP) is 2.60. The van der Waals surface area contributed by atoms with Crippen LogP contribution in [0, 0.1) is 0 Å². The minimum absolute atomic E-state index is 0.0693. The van der Waals surface area contributed by atoms with Crippen LogP contribution in [0.15, 0.2) is 18.3 Å². The Balaban J connectivity index is 1.56. The third kappa shape index (κ3) is 2.86. The number of ketones is 1. The zero-order valence-corrected chi connectivity index (χ0v) is 11.4. The summed E-state index contributed by atoms with van der Waals surface area (Å²) in [4.78, 5) is 16.8. The van der Waals surface area contributed by atoms with Crippen LogP contribution in [-0.4, -0.2) is 23.4 Å². The number of nitrogens with zero attached hydrogens (tertiary/aromatic N) is 1. The molecular weight excluding hydrogens is 236 g/mol. The number of carbonyl (C=O) groups excluding carboxylic acids is 1. The standard InChI is InChI=1S/C16H22N2O/c19-15(9-7-13-5-1-2-10-17-13)14-8-6-12-4-3-11-18-16(12)14/h3-4,11,13-14,17H,1-2,5-10H2. The zero-order valence-electron chi connectivity index (χ0n) is 11.4. The molecule has 0 radical (unpaired) electrons. The van der Waals surface area contributed by atoms with Gasteiger partial charge in [0.1, 0.15) is 5.78 Å². The zero-order chi connectivity index (χ0) is 13.1. The molecule has 1 aromatic heterocycles. The lowest BCUT2D eigenvalue weighted by molar-refractivity contribution is -0.120. The molecule has 0 bridgehead atoms. The molecule has 1 aliphatic carbocycles. The molecule has 2 atom stereocenters. The number of aryl methyl sites for hydroxylation is 1. The molecule has 3 nitrogen and oxygen atoms in total. The van der Waals surface area contributed by atoms with Gasteiger partial charge in [-0.05, 0) is 50.3 Å². The fourth-order valence-corrected chi connectivity index (χ4v) is 3.39. The maximum absolute atomic E-state index is 12.4. The Morgan fingerprint density at radius 2 is 2.32 bits per heavy atom. The summed E-state index contributed by atoms with van der Waals surface area (Å²) in [5, 5.41) is 3.52. The molecule has 0 aromatic carbocycles. The molecule has 2 aliphatic rings. The molecule has 1 aliphatic heterocycles. The highest BCUT2D eigenvalue weighted by Crippen LogP contribution is 2.33. The minimum atomic E-state index is 0.0693. The molecule has 1 aromatic rings. The Kier molecular flexibility index (Phi) is 3.92. The van der Waals surface area contributed by atoms with Crippen molar-refractivity contribution < 1.29 is 4.79 Å². The van der Waals surface area contributed by atoms with Crippen LogP contribution in [0.2, 0.25) is 0 Å². The van der Waals surface area contributed by atoms with E-state index in [4.69, 9.17) is 0 Å². The van der Waals surface area contributed by atoms with E-state index in [1.807, 2.05) is 12.3 Å². The molecule has 3 heteroatoms. The molecule has 0 amide bonds. The maximum atomic E-state index is 12.4. The molecule has 2 unspecified atom stereocenters. The molecular formula is C16H22N2O. The number of hydrogen-bond donors (Lipinski definition) is 1. The second-order valence-electron chi connectivity index (χ2n) is 5.79. The van der Waals surface area contributed by atoms with Gasteiger partial charge < -0.3 is 5.32 Å². The molecule has 1 fully saturated rings. The summed E-state index contributed by atoms with van der Waals surface area (Å²) in [7, 11) is 0. The van der Waals surface area contributed by atoms with E-state index in [-0.39, 0.29) is 5.92 Å². The van der Waals surface area contributed by atoms with Crippen molar-refractivity contribution in [2.75, 3.05) is 6.54 Å². The summed E-state index contributed by atoms with van der Waals surface area (Å²) in [5.74, 6) is 0.463. The number of pyridine rings is 1. The molecule has 3 rings (SSSR count). The first-order valence-electron chi connectivity index (χ1n) is 7.54. The van der Waals surface area contributed by atoms with Crippen molar-refractivity contribution in [2.24, 2.45) is 0 Å². The van der Waals surface area contributed by atoms with Crippen LogP contribution in [0.3, 0.4) is 0 Å². The summed E-state index contributed by atoms with van der Waals surface area (Å²) in [6, 6.07) is 4.64. The first kappa shape index (κ1) is 12.8. The average Bonchev–Trinajstić information content (AvgIpc) is 2.90. The largest absolute Gasteiger partial charge is 0.314 e. The summed E-state index contributed by atoms with van der Waals surface area (Å²) in [5.41, 5.74) is 2.32. The number of carbonyl (C=O) groups is 1. The van der Waals surface area contributed by atoms with Crippen molar-refractivity contribution in [2.45, 2.75) is 56.9 Å². The van der Waals surface area contributed by atoms with Gasteiger partial charge in [-0.1, -0.05) is 12.5 Å². The van der Waals surface area contributed by atoms with Crippen LogP contribution < -0.4 is 5.32 Å². The first-order chi connectivity index (χ1) is 9.34. The smallest absolute Gasteiger partial charge is 0.142 e. The number of piperidine rings is 1. The number of nitrogens with one attached hydrogen (secondary N) is 1. The summed E-state index contributed by atoms with van der Waals surface area (Å²) in [6.45, 7) is 1.12. The maximum Gasteiger partial charge on any atom is 0.142 e. The Morgan fingerprint density at radius 3 is 3.16 bits per heavy atom. The van der Waals surface area contributed by atoms with Crippen LogP contribution in [0.25, 0.3) is 0 Å². The molecule has 1 saturated heterocycles. The predicted molar refractivity (Wildman–Crippen MR) is 75.2 cm³/mol. The quantitative estimate of drug-likeness (QED) is 0.902. The lowest BCUT2D eigenvalue weighted by Gasteiger charge is -2.23.